The third kappa shape index (κ3) is 5.53. The highest BCUT2D eigenvalue weighted by Gasteiger charge is 2.25. The summed E-state index contributed by atoms with van der Waals surface area (Å²) in [5.41, 5.74) is 2.43. The number of carbonyl (C=O) groups excluding carboxylic acids is 1. The Morgan fingerprint density at radius 3 is 2.47 bits per heavy atom. The van der Waals surface area contributed by atoms with Gasteiger partial charge in [-0.1, -0.05) is 42.5 Å². The van der Waals surface area contributed by atoms with Crippen molar-refractivity contribution in [2.24, 2.45) is 0 Å². The molecule has 7 heteroatoms. The Morgan fingerprint density at radius 1 is 0.906 bits per heavy atom. The third-order valence-electron chi connectivity index (χ3n) is 6.42. The molecule has 0 saturated carbocycles. The normalized spacial score (nSPS) is 20.7. The van der Waals surface area contributed by atoms with E-state index >= 15 is 0 Å². The van der Waals surface area contributed by atoms with Crippen LogP contribution in [0.1, 0.15) is 17.0 Å². The Morgan fingerprint density at radius 2 is 1.66 bits per heavy atom. The molecule has 1 N–H and O–H groups in total. The molecule has 6 nitrogen and oxygen atoms in total. The molecule has 0 spiro atoms. The number of likely N-dealkylation sites (tertiary alicyclic amines) is 1. The van der Waals surface area contributed by atoms with Crippen molar-refractivity contribution in [3.05, 3.63) is 65.2 Å². The maximum absolute atomic E-state index is 12.6. The fourth-order valence-corrected chi connectivity index (χ4v) is 5.71. The summed E-state index contributed by atoms with van der Waals surface area (Å²) in [6, 6.07) is 19.2. The van der Waals surface area contributed by atoms with Gasteiger partial charge in [0, 0.05) is 51.9 Å². The molecule has 2 fully saturated rings. The molecule has 3 aromatic rings. The van der Waals surface area contributed by atoms with Crippen LogP contribution in [-0.4, -0.2) is 77.4 Å². The van der Waals surface area contributed by atoms with Gasteiger partial charge in [0.15, 0.2) is 0 Å². The van der Waals surface area contributed by atoms with Crippen LogP contribution in [0.4, 0.5) is 0 Å². The molecule has 2 aromatic carbocycles. The van der Waals surface area contributed by atoms with Crippen LogP contribution >= 0.6 is 11.3 Å². The third-order valence-corrected chi connectivity index (χ3v) is 7.44. The summed E-state index contributed by atoms with van der Waals surface area (Å²) >= 11 is 1.79. The van der Waals surface area contributed by atoms with Crippen molar-refractivity contribution in [1.29, 1.82) is 0 Å². The average molecular weight is 450 g/mol. The number of carbonyl (C=O) groups is 1. The van der Waals surface area contributed by atoms with E-state index in [2.05, 4.69) is 68.5 Å². The van der Waals surface area contributed by atoms with Crippen LogP contribution in [0.15, 0.2) is 54.6 Å². The highest BCUT2D eigenvalue weighted by molar-refractivity contribution is 7.18. The molecule has 1 amide bonds. The average Bonchev–Trinajstić information content (AvgIpc) is 3.41. The number of para-hydroxylation sites is 1. The number of benzene rings is 2. The van der Waals surface area contributed by atoms with E-state index in [1.54, 1.807) is 11.3 Å². The number of nitrogens with one attached hydrogen (secondary N) is 1. The number of thiazole rings is 1. The maximum Gasteiger partial charge on any atom is 0.234 e. The Bertz CT molecular complexity index is 998. The van der Waals surface area contributed by atoms with Gasteiger partial charge < -0.3 is 5.32 Å². The lowest BCUT2D eigenvalue weighted by Crippen LogP contribution is -2.50. The molecule has 1 unspecified atom stereocenters. The predicted octanol–water partition coefficient (Wildman–Crippen LogP) is 2.80. The summed E-state index contributed by atoms with van der Waals surface area (Å²) in [6.07, 6.45) is 1.04. The largest absolute Gasteiger partial charge is 0.351 e. The van der Waals surface area contributed by atoms with Gasteiger partial charge in [0.05, 0.1) is 23.3 Å². The van der Waals surface area contributed by atoms with Crippen molar-refractivity contribution in [2.75, 3.05) is 45.8 Å². The summed E-state index contributed by atoms with van der Waals surface area (Å²) < 4.78 is 1.26. The minimum Gasteiger partial charge on any atom is -0.351 e. The molecule has 2 aliphatic rings. The second kappa shape index (κ2) is 10.1. The topological polar surface area (TPSA) is 51.7 Å². The van der Waals surface area contributed by atoms with Crippen molar-refractivity contribution in [3.8, 4) is 0 Å². The van der Waals surface area contributed by atoms with Crippen LogP contribution in [0.2, 0.25) is 0 Å². The van der Waals surface area contributed by atoms with Gasteiger partial charge in [-0.2, -0.15) is 0 Å². The summed E-state index contributed by atoms with van der Waals surface area (Å²) in [4.78, 5) is 24.5. The van der Waals surface area contributed by atoms with E-state index in [9.17, 15) is 4.79 Å². The number of nitrogens with zero attached hydrogens (tertiary/aromatic N) is 4. The number of fused-ring (bicyclic) bond motifs is 1. The van der Waals surface area contributed by atoms with Gasteiger partial charge in [-0.05, 0) is 24.1 Å². The molecule has 1 aromatic heterocycles. The van der Waals surface area contributed by atoms with E-state index in [1.807, 2.05) is 6.07 Å². The van der Waals surface area contributed by atoms with E-state index in [-0.39, 0.29) is 11.9 Å². The van der Waals surface area contributed by atoms with Crippen LogP contribution in [0.3, 0.4) is 0 Å². The summed E-state index contributed by atoms with van der Waals surface area (Å²) in [5, 5.41) is 4.44. The fraction of sp³-hybridized carbons (Fsp3) is 0.440. The van der Waals surface area contributed by atoms with Crippen LogP contribution in [0, 0.1) is 0 Å². The highest BCUT2D eigenvalue weighted by Crippen LogP contribution is 2.23. The molecule has 1 atom stereocenters. The number of aromatic nitrogens is 1. The summed E-state index contributed by atoms with van der Waals surface area (Å²) in [5.74, 6) is 0.163. The molecule has 0 radical (unpaired) electrons. The van der Waals surface area contributed by atoms with Crippen molar-refractivity contribution in [3.63, 3.8) is 0 Å². The number of hydrogen-bond acceptors (Lipinski definition) is 6. The monoisotopic (exact) mass is 449 g/mol. The first-order valence-corrected chi connectivity index (χ1v) is 12.4. The SMILES string of the molecule is O=C(CN1CCN(Cc2nc3ccccc3s2)CC1)NC1CCN(Cc2ccccc2)C1. The molecule has 2 saturated heterocycles. The molecule has 32 heavy (non-hydrogen) atoms. The minimum absolute atomic E-state index is 0.163. The van der Waals surface area contributed by atoms with Gasteiger partial charge >= 0.3 is 0 Å². The molecule has 5 rings (SSSR count). The lowest BCUT2D eigenvalue weighted by Gasteiger charge is -2.34. The quantitative estimate of drug-likeness (QED) is 0.601. The first-order valence-electron chi connectivity index (χ1n) is 11.6. The molecule has 0 bridgehead atoms. The highest BCUT2D eigenvalue weighted by atomic mass is 32.1. The van der Waals surface area contributed by atoms with Crippen LogP contribution in [0.5, 0.6) is 0 Å². The van der Waals surface area contributed by atoms with Crippen molar-refractivity contribution >= 4 is 27.5 Å². The van der Waals surface area contributed by atoms with Crippen molar-refractivity contribution in [1.82, 2.24) is 25.0 Å². The molecule has 0 aliphatic carbocycles. The van der Waals surface area contributed by atoms with Crippen LogP contribution < -0.4 is 5.32 Å². The zero-order valence-electron chi connectivity index (χ0n) is 18.4. The van der Waals surface area contributed by atoms with Gasteiger partial charge in [0.1, 0.15) is 5.01 Å². The number of rotatable bonds is 7. The first-order chi connectivity index (χ1) is 15.7. The molecule has 168 valence electrons. The minimum atomic E-state index is 0.163. The lowest BCUT2D eigenvalue weighted by molar-refractivity contribution is -0.123. The Kier molecular flexibility index (Phi) is 6.78. The number of piperazine rings is 1. The van der Waals surface area contributed by atoms with E-state index < -0.39 is 0 Å². The Labute approximate surface area is 193 Å². The Balaban J connectivity index is 1.02. The second-order valence-electron chi connectivity index (χ2n) is 8.90. The van der Waals surface area contributed by atoms with Gasteiger partial charge in [-0.3, -0.25) is 19.5 Å². The van der Waals surface area contributed by atoms with Gasteiger partial charge in [-0.25, -0.2) is 4.98 Å². The first kappa shape index (κ1) is 21.5. The standard InChI is InChI=1S/C25H31N5OS/c31-24(26-21-10-11-30(17-21)16-20-6-2-1-3-7-20)18-28-12-14-29(15-13-28)19-25-27-22-8-4-5-9-23(22)32-25/h1-9,21H,10-19H2,(H,26,31). The van der Waals surface area contributed by atoms with Gasteiger partial charge in [-0.15, -0.1) is 11.3 Å². The van der Waals surface area contributed by atoms with E-state index in [4.69, 9.17) is 4.98 Å². The predicted molar refractivity (Wildman–Crippen MR) is 130 cm³/mol. The zero-order valence-corrected chi connectivity index (χ0v) is 19.3. The summed E-state index contributed by atoms with van der Waals surface area (Å²) in [6.45, 7) is 8.19. The second-order valence-corrected chi connectivity index (χ2v) is 10.0. The smallest absolute Gasteiger partial charge is 0.234 e. The van der Waals surface area contributed by atoms with Gasteiger partial charge in [0.2, 0.25) is 5.91 Å². The number of amides is 1. The number of hydrogen-bond donors (Lipinski definition) is 1. The van der Waals surface area contributed by atoms with Gasteiger partial charge in [0.25, 0.3) is 0 Å². The Hall–Kier alpha value is -2.32. The van der Waals surface area contributed by atoms with Crippen molar-refractivity contribution < 1.29 is 4.79 Å². The zero-order chi connectivity index (χ0) is 21.8. The molecular formula is C25H31N5OS. The van der Waals surface area contributed by atoms with Crippen LogP contribution in [0.25, 0.3) is 10.2 Å². The molecule has 3 heterocycles. The fourth-order valence-electron chi connectivity index (χ4n) is 4.70. The molecule has 2 aliphatic heterocycles. The van der Waals surface area contributed by atoms with E-state index in [0.29, 0.717) is 6.54 Å². The van der Waals surface area contributed by atoms with Crippen LogP contribution in [-0.2, 0) is 17.9 Å². The maximum atomic E-state index is 12.6. The summed E-state index contributed by atoms with van der Waals surface area (Å²) in [7, 11) is 0. The molecular weight excluding hydrogens is 418 g/mol. The van der Waals surface area contributed by atoms with E-state index in [0.717, 1.165) is 64.3 Å². The van der Waals surface area contributed by atoms with E-state index in [1.165, 1.54) is 15.3 Å². The lowest BCUT2D eigenvalue weighted by atomic mass is 10.2. The van der Waals surface area contributed by atoms with Crippen molar-refractivity contribution in [2.45, 2.75) is 25.6 Å².